The third-order valence-electron chi connectivity index (χ3n) is 2.78. The fourth-order valence-electron chi connectivity index (χ4n) is 1.81. The van der Waals surface area contributed by atoms with Crippen molar-refractivity contribution in [1.82, 2.24) is 4.72 Å². The summed E-state index contributed by atoms with van der Waals surface area (Å²) in [5.41, 5.74) is 2.54. The van der Waals surface area contributed by atoms with Crippen LogP contribution in [0.15, 0.2) is 18.2 Å². The molecule has 0 saturated carbocycles. The molecule has 0 unspecified atom stereocenters. The fraction of sp³-hybridized carbons (Fsp3) is 0.417. The van der Waals surface area contributed by atoms with Gasteiger partial charge in [-0.25, -0.2) is 17.9 Å². The number of thiol groups is 1. The maximum Gasteiger partial charge on any atom is 0.332 e. The quantitative estimate of drug-likeness (QED) is 0.716. The summed E-state index contributed by atoms with van der Waals surface area (Å²) in [6.45, 7) is 7.81. The molecule has 106 valence electrons. The van der Waals surface area contributed by atoms with Crippen molar-refractivity contribution in [2.75, 3.05) is 23.3 Å². The van der Waals surface area contributed by atoms with Gasteiger partial charge in [0, 0.05) is 24.5 Å². The van der Waals surface area contributed by atoms with Crippen molar-refractivity contribution in [3.8, 4) is 0 Å². The molecule has 0 aromatic heterocycles. The number of anilines is 2. The fourth-order valence-corrected chi connectivity index (χ4v) is 2.03. The second kappa shape index (κ2) is 6.98. The van der Waals surface area contributed by atoms with E-state index in [4.69, 9.17) is 0 Å². The summed E-state index contributed by atoms with van der Waals surface area (Å²) in [4.78, 5) is 13.5. The van der Waals surface area contributed by atoms with E-state index in [1.165, 1.54) is 0 Å². The molecule has 2 amide bonds. The summed E-state index contributed by atoms with van der Waals surface area (Å²) in [5, 5.41) is 2.49. The molecule has 0 fully saturated rings. The van der Waals surface area contributed by atoms with Crippen molar-refractivity contribution in [2.45, 2.75) is 20.8 Å². The second-order valence-corrected chi connectivity index (χ2v) is 4.73. The summed E-state index contributed by atoms with van der Waals surface area (Å²) in [6.07, 6.45) is 0. The highest BCUT2D eigenvalue weighted by molar-refractivity contribution is 7.71. The van der Waals surface area contributed by atoms with E-state index < -0.39 is 16.9 Å². The van der Waals surface area contributed by atoms with Crippen LogP contribution in [0.25, 0.3) is 0 Å². The highest BCUT2D eigenvalue weighted by atomic mass is 32.2. The lowest BCUT2D eigenvalue weighted by Gasteiger charge is -2.22. The molecule has 1 aromatic carbocycles. The van der Waals surface area contributed by atoms with Gasteiger partial charge in [0.25, 0.3) is 0 Å². The van der Waals surface area contributed by atoms with Gasteiger partial charge in [-0.1, -0.05) is 0 Å². The predicted molar refractivity (Wildman–Crippen MR) is 77.2 cm³/mol. The Hall–Kier alpha value is -1.76. The van der Waals surface area contributed by atoms with Gasteiger partial charge >= 0.3 is 6.03 Å². The number of carbonyl (C=O) groups is 1. The Morgan fingerprint density at radius 2 is 1.89 bits per heavy atom. The number of urea groups is 1. The van der Waals surface area contributed by atoms with Crippen LogP contribution in [0.5, 0.6) is 0 Å². The maximum absolute atomic E-state index is 11.3. The van der Waals surface area contributed by atoms with Crippen LogP contribution >= 0.6 is 0 Å². The number of hydrogen-bond donors (Lipinski definition) is 3. The Kier molecular flexibility index (Phi) is 5.62. The minimum Gasteiger partial charge on any atom is -0.372 e. The number of aryl methyl sites for hydroxylation is 1. The van der Waals surface area contributed by atoms with Crippen molar-refractivity contribution < 1.29 is 13.2 Å². The zero-order chi connectivity index (χ0) is 14.4. The molecular formula is C12H19N3O3S. The van der Waals surface area contributed by atoms with Gasteiger partial charge in [0.2, 0.25) is 10.9 Å². The summed E-state index contributed by atoms with van der Waals surface area (Å²) in [7, 11) is -2.94. The zero-order valence-corrected chi connectivity index (χ0v) is 12.2. The Bertz CT molecular complexity index is 517. The molecule has 19 heavy (non-hydrogen) atoms. The van der Waals surface area contributed by atoms with Crippen molar-refractivity contribution in [3.63, 3.8) is 0 Å². The third kappa shape index (κ3) is 4.44. The molecule has 0 aliphatic rings. The van der Waals surface area contributed by atoms with E-state index in [1.807, 2.05) is 19.1 Å². The van der Waals surface area contributed by atoms with Gasteiger partial charge in [-0.05, 0) is 44.5 Å². The zero-order valence-electron chi connectivity index (χ0n) is 11.3. The highest BCUT2D eigenvalue weighted by Gasteiger charge is 2.07. The van der Waals surface area contributed by atoms with Crippen molar-refractivity contribution in [1.29, 1.82) is 0 Å². The SMILES string of the molecule is CCN(CC)c1ccc(NC(=O)N[SH](=O)=O)c(C)c1. The standard InChI is InChI=1S/C12H19N3O3S/c1-4-15(5-2)10-6-7-11(9(3)8-10)13-12(16)14-19(17)18/h6-8,19H,4-5H2,1-3H3,(H2,13,14,16,17,18). The normalized spacial score (nSPS) is 10.3. The lowest BCUT2D eigenvalue weighted by Crippen LogP contribution is -2.27. The number of amides is 2. The molecule has 7 heteroatoms. The summed E-state index contributed by atoms with van der Waals surface area (Å²) in [5.74, 6) is 0. The lowest BCUT2D eigenvalue weighted by molar-refractivity contribution is 0.256. The average molecular weight is 285 g/mol. The summed E-state index contributed by atoms with van der Waals surface area (Å²) < 4.78 is 22.5. The number of nitrogens with zero attached hydrogens (tertiary/aromatic N) is 1. The number of nitrogens with one attached hydrogen (secondary N) is 2. The van der Waals surface area contributed by atoms with Gasteiger partial charge in [0.1, 0.15) is 0 Å². The minimum absolute atomic E-state index is 0.588. The lowest BCUT2D eigenvalue weighted by atomic mass is 10.1. The van der Waals surface area contributed by atoms with E-state index in [1.54, 1.807) is 10.8 Å². The Balaban J connectivity index is 2.85. The van der Waals surface area contributed by atoms with Crippen LogP contribution in [-0.4, -0.2) is 27.5 Å². The molecule has 0 aliphatic carbocycles. The van der Waals surface area contributed by atoms with E-state index >= 15 is 0 Å². The van der Waals surface area contributed by atoms with Crippen LogP contribution in [0.2, 0.25) is 0 Å². The number of carbonyl (C=O) groups excluding carboxylic acids is 1. The van der Waals surface area contributed by atoms with Crippen LogP contribution in [0.4, 0.5) is 16.2 Å². The van der Waals surface area contributed by atoms with Crippen LogP contribution in [0.1, 0.15) is 19.4 Å². The van der Waals surface area contributed by atoms with E-state index in [0.717, 1.165) is 24.3 Å². The number of hydrogen-bond acceptors (Lipinski definition) is 4. The Morgan fingerprint density at radius 3 is 2.37 bits per heavy atom. The van der Waals surface area contributed by atoms with E-state index in [9.17, 15) is 13.2 Å². The molecule has 0 radical (unpaired) electrons. The Morgan fingerprint density at radius 1 is 1.26 bits per heavy atom. The third-order valence-corrected chi connectivity index (χ3v) is 3.17. The molecule has 0 saturated heterocycles. The van der Waals surface area contributed by atoms with Gasteiger partial charge in [0.15, 0.2) is 0 Å². The first-order valence-electron chi connectivity index (χ1n) is 6.05. The first-order chi connectivity index (χ1) is 8.97. The molecule has 1 aromatic rings. The van der Waals surface area contributed by atoms with Crippen LogP contribution in [0, 0.1) is 6.92 Å². The predicted octanol–water partition coefficient (Wildman–Crippen LogP) is 1.49. The van der Waals surface area contributed by atoms with Gasteiger partial charge in [0.05, 0.1) is 0 Å². The van der Waals surface area contributed by atoms with Crippen LogP contribution in [0.3, 0.4) is 0 Å². The molecule has 6 nitrogen and oxygen atoms in total. The van der Waals surface area contributed by atoms with Gasteiger partial charge < -0.3 is 10.2 Å². The smallest absolute Gasteiger partial charge is 0.332 e. The number of benzene rings is 1. The average Bonchev–Trinajstić information content (AvgIpc) is 2.33. The molecule has 1 rings (SSSR count). The van der Waals surface area contributed by atoms with Crippen LogP contribution < -0.4 is 14.9 Å². The highest BCUT2D eigenvalue weighted by Crippen LogP contribution is 2.22. The molecular weight excluding hydrogens is 266 g/mol. The second-order valence-electron chi connectivity index (χ2n) is 3.99. The van der Waals surface area contributed by atoms with Gasteiger partial charge in [-0.2, -0.15) is 0 Å². The van der Waals surface area contributed by atoms with Gasteiger partial charge in [-0.15, -0.1) is 0 Å². The largest absolute Gasteiger partial charge is 0.372 e. The Labute approximate surface area is 114 Å². The molecule has 0 bridgehead atoms. The molecule has 0 spiro atoms. The van der Waals surface area contributed by atoms with Gasteiger partial charge in [-0.3, -0.25) is 0 Å². The molecule has 0 heterocycles. The van der Waals surface area contributed by atoms with E-state index in [-0.39, 0.29) is 0 Å². The summed E-state index contributed by atoms with van der Waals surface area (Å²) in [6, 6.07) is 4.86. The topological polar surface area (TPSA) is 78.5 Å². The monoisotopic (exact) mass is 285 g/mol. The minimum atomic E-state index is -2.94. The van der Waals surface area contributed by atoms with E-state index in [2.05, 4.69) is 24.1 Å². The first kappa shape index (κ1) is 15.3. The van der Waals surface area contributed by atoms with Crippen molar-refractivity contribution in [3.05, 3.63) is 23.8 Å². The van der Waals surface area contributed by atoms with Crippen molar-refractivity contribution in [2.24, 2.45) is 0 Å². The van der Waals surface area contributed by atoms with Crippen molar-refractivity contribution >= 4 is 28.3 Å². The summed E-state index contributed by atoms with van der Waals surface area (Å²) >= 11 is 0. The maximum atomic E-state index is 11.3. The molecule has 0 atom stereocenters. The van der Waals surface area contributed by atoms with Crippen LogP contribution in [-0.2, 0) is 10.9 Å². The number of rotatable bonds is 5. The molecule has 0 aliphatic heterocycles. The molecule has 2 N–H and O–H groups in total. The van der Waals surface area contributed by atoms with E-state index in [0.29, 0.717) is 5.69 Å². The first-order valence-corrected chi connectivity index (χ1v) is 7.23.